The fourth-order valence-corrected chi connectivity index (χ4v) is 3.02. The van der Waals surface area contributed by atoms with Crippen molar-refractivity contribution >= 4 is 51.6 Å². The second kappa shape index (κ2) is 5.87. The third-order valence-electron chi connectivity index (χ3n) is 3.04. The Morgan fingerprint density at radius 2 is 1.57 bits per heavy atom. The van der Waals surface area contributed by atoms with Gasteiger partial charge in [0.05, 0.1) is 15.6 Å². The van der Waals surface area contributed by atoms with Gasteiger partial charge >= 0.3 is 0 Å². The summed E-state index contributed by atoms with van der Waals surface area (Å²) in [5.74, 6) is 0.817. The van der Waals surface area contributed by atoms with Gasteiger partial charge in [-0.2, -0.15) is 0 Å². The molecular weight excluding hydrogens is 422 g/mol. The summed E-state index contributed by atoms with van der Waals surface area (Å²) >= 11 is 14.8. The summed E-state index contributed by atoms with van der Waals surface area (Å²) < 4.78 is 6.52. The monoisotopic (exact) mass is 430 g/mol. The smallest absolute Gasteiger partial charge is 0.177 e. The van der Waals surface area contributed by atoms with Crippen LogP contribution in [0.1, 0.15) is 0 Å². The van der Waals surface area contributed by atoms with Gasteiger partial charge in [0.1, 0.15) is 0 Å². The maximum absolute atomic E-state index is 6.27. The minimum Gasteiger partial charge on any atom is -0.380 e. The first-order chi connectivity index (χ1) is 10.1. The molecule has 0 aliphatic heterocycles. The molecule has 6 heteroatoms. The molecule has 2 N–H and O–H groups in total. The number of anilines is 1. The summed E-state index contributed by atoms with van der Waals surface area (Å²) in [6.45, 7) is 0. The minimum absolute atomic E-state index is 0.263. The molecule has 0 radical (unpaired) electrons. The van der Waals surface area contributed by atoms with E-state index in [9.17, 15) is 0 Å². The molecule has 3 rings (SSSR count). The van der Waals surface area contributed by atoms with E-state index < -0.39 is 0 Å². The lowest BCUT2D eigenvalue weighted by Crippen LogP contribution is -1.90. The van der Waals surface area contributed by atoms with Crippen molar-refractivity contribution in [2.45, 2.75) is 0 Å². The summed E-state index contributed by atoms with van der Waals surface area (Å²) in [6, 6.07) is 13.1. The van der Waals surface area contributed by atoms with Gasteiger partial charge in [0.25, 0.3) is 0 Å². The van der Waals surface area contributed by atoms with Gasteiger partial charge in [-0.25, -0.2) is 0 Å². The fraction of sp³-hybridized carbons (Fsp3) is 0. The summed E-state index contributed by atoms with van der Waals surface area (Å²) in [5, 5.41) is 4.87. The number of nitrogens with zero attached hydrogens (tertiary/aromatic N) is 1. The van der Waals surface area contributed by atoms with Crippen molar-refractivity contribution in [3.05, 3.63) is 56.1 Å². The molecule has 3 nitrogen and oxygen atoms in total. The van der Waals surface area contributed by atoms with Crippen LogP contribution in [0.2, 0.25) is 10.0 Å². The van der Waals surface area contributed by atoms with E-state index in [1.54, 1.807) is 18.2 Å². The predicted molar refractivity (Wildman–Crippen MR) is 94.5 cm³/mol. The highest BCUT2D eigenvalue weighted by atomic mass is 127. The average Bonchev–Trinajstić information content (AvgIpc) is 2.82. The quantitative estimate of drug-likeness (QED) is 0.546. The number of rotatable bonds is 2. The average molecular weight is 431 g/mol. The van der Waals surface area contributed by atoms with Crippen LogP contribution < -0.4 is 5.73 Å². The van der Waals surface area contributed by atoms with E-state index in [1.807, 2.05) is 24.3 Å². The molecule has 0 aliphatic carbocycles. The standard InChI is InChI=1S/C15H9Cl2IN2O/c16-10-2-1-3-11(17)12(10)13-14(21-20-15(13)19)8-4-6-9(18)7-5-8/h1-7H,(H2,19,20). The molecule has 0 fully saturated rings. The van der Waals surface area contributed by atoms with Gasteiger partial charge in [-0.05, 0) is 46.9 Å². The number of hydrogen-bond acceptors (Lipinski definition) is 3. The van der Waals surface area contributed by atoms with Crippen molar-refractivity contribution in [2.24, 2.45) is 0 Å². The molecule has 106 valence electrons. The Morgan fingerprint density at radius 1 is 0.952 bits per heavy atom. The van der Waals surface area contributed by atoms with Crippen LogP contribution in [0.4, 0.5) is 5.82 Å². The van der Waals surface area contributed by atoms with Crippen LogP contribution in [0, 0.1) is 3.57 Å². The summed E-state index contributed by atoms with van der Waals surface area (Å²) in [5.41, 5.74) is 8.07. The highest BCUT2D eigenvalue weighted by Crippen LogP contribution is 2.43. The zero-order chi connectivity index (χ0) is 15.0. The predicted octanol–water partition coefficient (Wildman–Crippen LogP) is 5.50. The lowest BCUT2D eigenvalue weighted by Gasteiger charge is -2.07. The minimum atomic E-state index is 0.263. The van der Waals surface area contributed by atoms with E-state index in [0.717, 1.165) is 9.13 Å². The van der Waals surface area contributed by atoms with Crippen molar-refractivity contribution in [2.75, 3.05) is 5.73 Å². The Hall–Kier alpha value is -1.24. The number of nitrogens with two attached hydrogens (primary N) is 1. The molecule has 1 heterocycles. The van der Waals surface area contributed by atoms with E-state index in [4.69, 9.17) is 33.5 Å². The van der Waals surface area contributed by atoms with Crippen LogP contribution >= 0.6 is 45.8 Å². The Morgan fingerprint density at radius 3 is 2.19 bits per heavy atom. The maximum atomic E-state index is 6.27. The maximum Gasteiger partial charge on any atom is 0.177 e. The fourth-order valence-electron chi connectivity index (χ4n) is 2.08. The first-order valence-corrected chi connectivity index (χ1v) is 7.87. The van der Waals surface area contributed by atoms with Gasteiger partial charge in [-0.15, -0.1) is 0 Å². The van der Waals surface area contributed by atoms with E-state index in [-0.39, 0.29) is 5.82 Å². The number of nitrogen functional groups attached to an aromatic ring is 1. The van der Waals surface area contributed by atoms with Crippen molar-refractivity contribution < 1.29 is 4.52 Å². The number of benzene rings is 2. The number of hydrogen-bond donors (Lipinski definition) is 1. The van der Waals surface area contributed by atoms with Gasteiger partial charge in [0.2, 0.25) is 0 Å². The summed E-state index contributed by atoms with van der Waals surface area (Å²) in [4.78, 5) is 0. The third-order valence-corrected chi connectivity index (χ3v) is 4.39. The van der Waals surface area contributed by atoms with Crippen molar-refractivity contribution in [1.82, 2.24) is 5.16 Å². The van der Waals surface area contributed by atoms with Gasteiger partial charge in [0, 0.05) is 14.7 Å². The zero-order valence-corrected chi connectivity index (χ0v) is 14.3. The Labute approximate surface area is 145 Å². The van der Waals surface area contributed by atoms with Crippen LogP contribution in [0.5, 0.6) is 0 Å². The molecule has 0 bridgehead atoms. The number of halogens is 3. The van der Waals surface area contributed by atoms with E-state index >= 15 is 0 Å². The lowest BCUT2D eigenvalue weighted by molar-refractivity contribution is 0.436. The second-order valence-electron chi connectivity index (χ2n) is 4.38. The first kappa shape index (κ1) is 14.7. The lowest BCUT2D eigenvalue weighted by atomic mass is 10.0. The van der Waals surface area contributed by atoms with Crippen LogP contribution in [0.15, 0.2) is 47.0 Å². The van der Waals surface area contributed by atoms with E-state index in [1.165, 1.54) is 0 Å². The molecule has 0 atom stereocenters. The first-order valence-electron chi connectivity index (χ1n) is 6.03. The highest BCUT2D eigenvalue weighted by Gasteiger charge is 2.21. The van der Waals surface area contributed by atoms with Crippen molar-refractivity contribution in [3.8, 4) is 22.5 Å². The highest BCUT2D eigenvalue weighted by molar-refractivity contribution is 14.1. The topological polar surface area (TPSA) is 52.0 Å². The SMILES string of the molecule is Nc1noc(-c2ccc(I)cc2)c1-c1c(Cl)cccc1Cl. The molecule has 0 saturated heterocycles. The van der Waals surface area contributed by atoms with E-state index in [2.05, 4.69) is 27.7 Å². The van der Waals surface area contributed by atoms with Gasteiger partial charge in [-0.3, -0.25) is 0 Å². The molecule has 0 saturated carbocycles. The second-order valence-corrected chi connectivity index (χ2v) is 6.44. The van der Waals surface area contributed by atoms with Crippen molar-refractivity contribution in [3.63, 3.8) is 0 Å². The summed E-state index contributed by atoms with van der Waals surface area (Å²) in [6.07, 6.45) is 0. The molecule has 0 aliphatic rings. The molecule has 0 spiro atoms. The Balaban J connectivity index is 2.25. The molecule has 3 aromatic rings. The molecule has 0 unspecified atom stereocenters. The number of aromatic nitrogens is 1. The van der Waals surface area contributed by atoms with Crippen LogP contribution in [-0.2, 0) is 0 Å². The largest absolute Gasteiger partial charge is 0.380 e. The van der Waals surface area contributed by atoms with E-state index in [0.29, 0.717) is 26.9 Å². The van der Waals surface area contributed by atoms with Crippen LogP contribution in [0.3, 0.4) is 0 Å². The molecule has 0 amide bonds. The molecule has 2 aromatic carbocycles. The van der Waals surface area contributed by atoms with Gasteiger partial charge in [-0.1, -0.05) is 46.6 Å². The molecular formula is C15H9Cl2IN2O. The Kier molecular flexibility index (Phi) is 4.10. The Bertz CT molecular complexity index is 780. The summed E-state index contributed by atoms with van der Waals surface area (Å²) in [7, 11) is 0. The molecule has 21 heavy (non-hydrogen) atoms. The van der Waals surface area contributed by atoms with Crippen LogP contribution in [-0.4, -0.2) is 5.16 Å². The van der Waals surface area contributed by atoms with Gasteiger partial charge < -0.3 is 10.3 Å². The normalized spacial score (nSPS) is 10.8. The van der Waals surface area contributed by atoms with Crippen LogP contribution in [0.25, 0.3) is 22.5 Å². The molecule has 1 aromatic heterocycles. The zero-order valence-electron chi connectivity index (χ0n) is 10.6. The van der Waals surface area contributed by atoms with Crippen molar-refractivity contribution in [1.29, 1.82) is 0 Å². The third kappa shape index (κ3) is 2.75. The van der Waals surface area contributed by atoms with Gasteiger partial charge in [0.15, 0.2) is 11.6 Å².